The molecule has 0 atom stereocenters. The van der Waals surface area contributed by atoms with E-state index in [1.54, 1.807) is 0 Å². The standard InChI is InChI=1S/C17H20N2O/c1-4-15-7-9-19(10-8-15)12-17(20)18-16-11-13(2)5-6-14(16)3/h5-11H,4,12H2,1-3H3/p+1. The van der Waals surface area contributed by atoms with E-state index >= 15 is 0 Å². The molecule has 0 saturated heterocycles. The van der Waals surface area contributed by atoms with Crippen molar-refractivity contribution in [2.24, 2.45) is 0 Å². The number of anilines is 1. The molecule has 0 aliphatic carbocycles. The third kappa shape index (κ3) is 3.67. The molecular formula is C17H21N2O+. The van der Waals surface area contributed by atoms with Gasteiger partial charge < -0.3 is 5.32 Å². The van der Waals surface area contributed by atoms with Crippen LogP contribution in [0.1, 0.15) is 23.6 Å². The predicted octanol–water partition coefficient (Wildman–Crippen LogP) is 2.79. The second-order valence-corrected chi connectivity index (χ2v) is 5.10. The number of carbonyl (C=O) groups excluding carboxylic acids is 1. The fraction of sp³-hybridized carbons (Fsp3) is 0.294. The molecule has 1 aromatic carbocycles. The maximum Gasteiger partial charge on any atom is 0.290 e. The van der Waals surface area contributed by atoms with Crippen LogP contribution < -0.4 is 9.88 Å². The highest BCUT2D eigenvalue weighted by Gasteiger charge is 2.10. The molecule has 1 N–H and O–H groups in total. The summed E-state index contributed by atoms with van der Waals surface area (Å²) in [5, 5.41) is 2.97. The van der Waals surface area contributed by atoms with Crippen molar-refractivity contribution >= 4 is 11.6 Å². The highest BCUT2D eigenvalue weighted by molar-refractivity contribution is 5.90. The Labute approximate surface area is 120 Å². The minimum atomic E-state index is -0.00653. The molecule has 3 heteroatoms. The summed E-state index contributed by atoms with van der Waals surface area (Å²) in [5.41, 5.74) is 4.39. The number of nitrogens with zero attached hydrogens (tertiary/aromatic N) is 1. The number of rotatable bonds is 4. The lowest BCUT2D eigenvalue weighted by atomic mass is 10.1. The molecule has 1 amide bonds. The molecule has 2 aromatic rings. The van der Waals surface area contributed by atoms with E-state index in [4.69, 9.17) is 0 Å². The Balaban J connectivity index is 2.03. The van der Waals surface area contributed by atoms with Crippen LogP contribution in [0.15, 0.2) is 42.7 Å². The van der Waals surface area contributed by atoms with Gasteiger partial charge in [-0.05, 0) is 43.0 Å². The Morgan fingerprint density at radius 3 is 2.50 bits per heavy atom. The Kier molecular flexibility index (Phi) is 4.51. The van der Waals surface area contributed by atoms with Gasteiger partial charge in [-0.3, -0.25) is 4.79 Å². The van der Waals surface area contributed by atoms with Gasteiger partial charge in [0, 0.05) is 17.8 Å². The van der Waals surface area contributed by atoms with Crippen molar-refractivity contribution in [2.75, 3.05) is 5.32 Å². The van der Waals surface area contributed by atoms with Crippen LogP contribution in [0.3, 0.4) is 0 Å². The molecule has 1 aromatic heterocycles. The zero-order valence-corrected chi connectivity index (χ0v) is 12.3. The van der Waals surface area contributed by atoms with Crippen LogP contribution in [0.5, 0.6) is 0 Å². The largest absolute Gasteiger partial charge is 0.320 e. The smallest absolute Gasteiger partial charge is 0.290 e. The number of benzene rings is 1. The van der Waals surface area contributed by atoms with Gasteiger partial charge in [0.05, 0.1) is 0 Å². The van der Waals surface area contributed by atoms with Crippen LogP contribution in [-0.4, -0.2) is 5.91 Å². The zero-order chi connectivity index (χ0) is 14.5. The van der Waals surface area contributed by atoms with Crippen molar-refractivity contribution in [1.82, 2.24) is 0 Å². The Bertz CT molecular complexity index is 603. The predicted molar refractivity (Wildman–Crippen MR) is 80.6 cm³/mol. The molecule has 20 heavy (non-hydrogen) atoms. The highest BCUT2D eigenvalue weighted by atomic mass is 16.1. The number of aromatic nitrogens is 1. The SMILES string of the molecule is CCc1cc[n+](CC(=O)Nc2cc(C)ccc2C)cc1. The summed E-state index contributed by atoms with van der Waals surface area (Å²) in [7, 11) is 0. The van der Waals surface area contributed by atoms with Crippen molar-refractivity contribution in [2.45, 2.75) is 33.7 Å². The maximum absolute atomic E-state index is 12.1. The van der Waals surface area contributed by atoms with Gasteiger partial charge in [-0.1, -0.05) is 19.1 Å². The minimum absolute atomic E-state index is 0.00653. The molecule has 1 heterocycles. The summed E-state index contributed by atoms with van der Waals surface area (Å²) < 4.78 is 1.89. The van der Waals surface area contributed by atoms with Gasteiger partial charge in [-0.15, -0.1) is 0 Å². The second-order valence-electron chi connectivity index (χ2n) is 5.10. The van der Waals surface area contributed by atoms with Gasteiger partial charge in [0.15, 0.2) is 12.4 Å². The molecule has 0 aliphatic rings. The number of amides is 1. The molecule has 3 nitrogen and oxygen atoms in total. The quantitative estimate of drug-likeness (QED) is 0.851. The van der Waals surface area contributed by atoms with Crippen molar-refractivity contribution in [1.29, 1.82) is 0 Å². The van der Waals surface area contributed by atoms with E-state index in [-0.39, 0.29) is 5.91 Å². The molecular weight excluding hydrogens is 248 g/mol. The minimum Gasteiger partial charge on any atom is -0.320 e. The lowest BCUT2D eigenvalue weighted by Crippen LogP contribution is -2.39. The number of pyridine rings is 1. The molecule has 104 valence electrons. The summed E-state index contributed by atoms with van der Waals surface area (Å²) in [5.74, 6) is -0.00653. The van der Waals surface area contributed by atoms with Crippen LogP contribution in [0.2, 0.25) is 0 Å². The van der Waals surface area contributed by atoms with E-state index in [1.165, 1.54) is 5.56 Å². The van der Waals surface area contributed by atoms with E-state index in [2.05, 4.69) is 12.2 Å². The molecule has 0 bridgehead atoms. The van der Waals surface area contributed by atoms with Crippen LogP contribution in [0, 0.1) is 13.8 Å². The number of carbonyl (C=O) groups is 1. The second kappa shape index (κ2) is 6.33. The monoisotopic (exact) mass is 269 g/mol. The summed E-state index contributed by atoms with van der Waals surface area (Å²) in [6, 6.07) is 10.2. The molecule has 2 rings (SSSR count). The topological polar surface area (TPSA) is 33.0 Å². The van der Waals surface area contributed by atoms with Crippen molar-refractivity contribution < 1.29 is 9.36 Å². The van der Waals surface area contributed by atoms with E-state index in [0.717, 1.165) is 23.2 Å². The first-order valence-corrected chi connectivity index (χ1v) is 6.93. The average Bonchev–Trinajstić information content (AvgIpc) is 2.43. The third-order valence-corrected chi connectivity index (χ3v) is 3.36. The zero-order valence-electron chi connectivity index (χ0n) is 12.3. The lowest BCUT2D eigenvalue weighted by molar-refractivity contribution is -0.684. The summed E-state index contributed by atoms with van der Waals surface area (Å²) in [4.78, 5) is 12.1. The van der Waals surface area contributed by atoms with Crippen molar-refractivity contribution in [3.8, 4) is 0 Å². The fourth-order valence-corrected chi connectivity index (χ4v) is 2.06. The van der Waals surface area contributed by atoms with Gasteiger partial charge in [0.2, 0.25) is 6.54 Å². The van der Waals surface area contributed by atoms with Gasteiger partial charge in [-0.25, -0.2) is 0 Å². The van der Waals surface area contributed by atoms with Crippen LogP contribution in [-0.2, 0) is 17.8 Å². The summed E-state index contributed by atoms with van der Waals surface area (Å²) in [6.07, 6.45) is 4.90. The number of hydrogen-bond donors (Lipinski definition) is 1. The van der Waals surface area contributed by atoms with Crippen LogP contribution >= 0.6 is 0 Å². The molecule has 0 radical (unpaired) electrons. The third-order valence-electron chi connectivity index (χ3n) is 3.36. The molecule has 0 unspecified atom stereocenters. The summed E-state index contributed by atoms with van der Waals surface area (Å²) in [6.45, 7) is 6.47. The molecule has 0 saturated carbocycles. The normalized spacial score (nSPS) is 10.3. The number of nitrogens with one attached hydrogen (secondary N) is 1. The van der Waals surface area contributed by atoms with Gasteiger partial charge in [-0.2, -0.15) is 4.57 Å². The molecule has 0 spiro atoms. The van der Waals surface area contributed by atoms with Crippen molar-refractivity contribution in [3.63, 3.8) is 0 Å². The Morgan fingerprint density at radius 2 is 1.85 bits per heavy atom. The Hall–Kier alpha value is -2.16. The van der Waals surface area contributed by atoms with Crippen molar-refractivity contribution in [3.05, 3.63) is 59.4 Å². The Morgan fingerprint density at radius 1 is 1.15 bits per heavy atom. The summed E-state index contributed by atoms with van der Waals surface area (Å²) >= 11 is 0. The van der Waals surface area contributed by atoms with E-state index in [0.29, 0.717) is 6.54 Å². The van der Waals surface area contributed by atoms with Crippen LogP contribution in [0.25, 0.3) is 0 Å². The van der Waals surface area contributed by atoms with E-state index < -0.39 is 0 Å². The lowest BCUT2D eigenvalue weighted by Gasteiger charge is -2.08. The maximum atomic E-state index is 12.1. The first-order chi connectivity index (χ1) is 9.58. The molecule has 0 fully saturated rings. The fourth-order valence-electron chi connectivity index (χ4n) is 2.06. The van der Waals surface area contributed by atoms with Gasteiger partial charge in [0.1, 0.15) is 0 Å². The first-order valence-electron chi connectivity index (χ1n) is 6.93. The van der Waals surface area contributed by atoms with E-state index in [9.17, 15) is 4.79 Å². The van der Waals surface area contributed by atoms with Crippen LogP contribution in [0.4, 0.5) is 5.69 Å². The highest BCUT2D eigenvalue weighted by Crippen LogP contribution is 2.16. The van der Waals surface area contributed by atoms with Gasteiger partial charge >= 0.3 is 0 Å². The van der Waals surface area contributed by atoms with E-state index in [1.807, 2.05) is 61.1 Å². The number of hydrogen-bond acceptors (Lipinski definition) is 1. The average molecular weight is 269 g/mol. The molecule has 0 aliphatic heterocycles. The number of aryl methyl sites for hydroxylation is 3. The van der Waals surface area contributed by atoms with Gasteiger partial charge in [0.25, 0.3) is 5.91 Å². The first kappa shape index (κ1) is 14.3.